The molecule has 0 aliphatic carbocycles. The van der Waals surface area contributed by atoms with Gasteiger partial charge in [0.05, 0.1) is 18.0 Å². The molecule has 0 spiro atoms. The first-order chi connectivity index (χ1) is 11.5. The van der Waals surface area contributed by atoms with Crippen LogP contribution in [0.3, 0.4) is 0 Å². The fraction of sp³-hybridized carbons (Fsp3) is 0.467. The van der Waals surface area contributed by atoms with Gasteiger partial charge in [0.1, 0.15) is 11.8 Å². The topological polar surface area (TPSA) is 144 Å². The third-order valence-electron chi connectivity index (χ3n) is 4.41. The number of hydrazine groups is 1. The van der Waals surface area contributed by atoms with Gasteiger partial charge < -0.3 is 26.9 Å². The van der Waals surface area contributed by atoms with Crippen molar-refractivity contribution in [2.75, 3.05) is 18.9 Å². The molecular weight excluding hydrogens is 308 g/mol. The molecule has 2 atom stereocenters. The van der Waals surface area contributed by atoms with Gasteiger partial charge >= 0.3 is 0 Å². The Bertz CT molecular complexity index is 755. The van der Waals surface area contributed by atoms with Crippen LogP contribution in [0.1, 0.15) is 37.1 Å². The Morgan fingerprint density at radius 3 is 3.00 bits per heavy atom. The molecule has 0 bridgehead atoms. The van der Waals surface area contributed by atoms with Crippen molar-refractivity contribution in [3.05, 3.63) is 29.9 Å². The van der Waals surface area contributed by atoms with E-state index in [0.29, 0.717) is 23.6 Å². The Balaban J connectivity index is 2.09. The highest BCUT2D eigenvalue weighted by molar-refractivity contribution is 5.84. The third kappa shape index (κ3) is 2.88. The Morgan fingerprint density at radius 2 is 2.33 bits per heavy atom. The van der Waals surface area contributed by atoms with Gasteiger partial charge in [-0.3, -0.25) is 0 Å². The number of nitrogens with one attached hydrogen (secondary N) is 1. The van der Waals surface area contributed by atoms with Crippen molar-refractivity contribution in [1.29, 1.82) is 0 Å². The normalized spacial score (nSPS) is 21.5. The van der Waals surface area contributed by atoms with Crippen LogP contribution in [0, 0.1) is 0 Å². The van der Waals surface area contributed by atoms with Crippen molar-refractivity contribution in [3.8, 4) is 0 Å². The maximum atomic E-state index is 9.34. The first kappa shape index (κ1) is 16.5. The second kappa shape index (κ2) is 6.63. The average Bonchev–Trinajstić information content (AvgIpc) is 3.19. The van der Waals surface area contributed by atoms with E-state index in [1.165, 1.54) is 11.3 Å². The monoisotopic (exact) mass is 332 g/mol. The summed E-state index contributed by atoms with van der Waals surface area (Å²) >= 11 is 0. The van der Waals surface area contributed by atoms with Crippen LogP contribution >= 0.6 is 0 Å². The van der Waals surface area contributed by atoms with E-state index in [9.17, 15) is 5.11 Å². The molecule has 1 aliphatic rings. The number of aliphatic hydroxyl groups is 1. The van der Waals surface area contributed by atoms with E-state index in [-0.39, 0.29) is 18.7 Å². The number of fused-ring (bicyclic) bond motifs is 1. The maximum Gasteiger partial charge on any atom is 0.152 e. The van der Waals surface area contributed by atoms with E-state index in [1.54, 1.807) is 10.7 Å². The molecular formula is C15H24N8O. The van der Waals surface area contributed by atoms with Crippen molar-refractivity contribution in [2.45, 2.75) is 31.8 Å². The molecule has 1 saturated heterocycles. The average molecular weight is 332 g/mol. The molecule has 3 rings (SSSR count). The van der Waals surface area contributed by atoms with Crippen LogP contribution in [-0.4, -0.2) is 43.9 Å². The van der Waals surface area contributed by atoms with Gasteiger partial charge in [0.2, 0.25) is 0 Å². The predicted molar refractivity (Wildman–Crippen MR) is 92.1 cm³/mol. The lowest BCUT2D eigenvalue weighted by Gasteiger charge is -2.12. The van der Waals surface area contributed by atoms with Gasteiger partial charge in [0.15, 0.2) is 5.82 Å². The van der Waals surface area contributed by atoms with Gasteiger partial charge in [0.25, 0.3) is 0 Å². The molecule has 2 aromatic heterocycles. The van der Waals surface area contributed by atoms with Gasteiger partial charge in [-0.1, -0.05) is 0 Å². The smallest absolute Gasteiger partial charge is 0.152 e. The molecule has 24 heavy (non-hydrogen) atoms. The van der Waals surface area contributed by atoms with Crippen LogP contribution in [0.4, 0.5) is 5.82 Å². The van der Waals surface area contributed by atoms with Gasteiger partial charge in [-0.25, -0.2) is 15.3 Å². The molecule has 9 nitrogen and oxygen atoms in total. The summed E-state index contributed by atoms with van der Waals surface area (Å²) in [5, 5.41) is 18.6. The highest BCUT2D eigenvalue weighted by Crippen LogP contribution is 2.32. The van der Waals surface area contributed by atoms with Gasteiger partial charge in [-0.15, -0.1) is 0 Å². The van der Waals surface area contributed by atoms with Crippen molar-refractivity contribution in [2.24, 2.45) is 11.6 Å². The SMILES string of the molecule is CCN(N)/C=C(\N)c1cc([C@H]2CC[C@@H](CO)N2)n2ncnc(N)c12. The zero-order chi connectivity index (χ0) is 17.3. The molecule has 130 valence electrons. The van der Waals surface area contributed by atoms with Crippen LogP contribution in [0.15, 0.2) is 18.6 Å². The summed E-state index contributed by atoms with van der Waals surface area (Å²) < 4.78 is 1.77. The highest BCUT2D eigenvalue weighted by Gasteiger charge is 2.28. The minimum atomic E-state index is 0.0747. The lowest BCUT2D eigenvalue weighted by molar-refractivity contribution is 0.251. The molecule has 0 aromatic carbocycles. The molecule has 0 unspecified atom stereocenters. The van der Waals surface area contributed by atoms with Crippen molar-refractivity contribution in [3.63, 3.8) is 0 Å². The molecule has 0 saturated carbocycles. The predicted octanol–water partition coefficient (Wildman–Crippen LogP) is -0.450. The van der Waals surface area contributed by atoms with E-state index in [4.69, 9.17) is 17.3 Å². The molecule has 1 aliphatic heterocycles. The number of hydrogen-bond acceptors (Lipinski definition) is 8. The van der Waals surface area contributed by atoms with E-state index in [0.717, 1.165) is 24.1 Å². The van der Waals surface area contributed by atoms with Gasteiger partial charge in [-0.2, -0.15) is 5.10 Å². The van der Waals surface area contributed by atoms with Crippen LogP contribution in [-0.2, 0) is 0 Å². The van der Waals surface area contributed by atoms with Crippen LogP contribution in [0.2, 0.25) is 0 Å². The lowest BCUT2D eigenvalue weighted by atomic mass is 10.1. The number of anilines is 1. The second-order valence-electron chi connectivity index (χ2n) is 5.98. The highest BCUT2D eigenvalue weighted by atomic mass is 16.3. The molecule has 0 radical (unpaired) electrons. The third-order valence-corrected chi connectivity index (χ3v) is 4.41. The quantitative estimate of drug-likeness (QED) is 0.366. The van der Waals surface area contributed by atoms with Gasteiger partial charge in [0, 0.05) is 30.4 Å². The van der Waals surface area contributed by atoms with Crippen LogP contribution < -0.4 is 22.6 Å². The lowest BCUT2D eigenvalue weighted by Crippen LogP contribution is -2.28. The summed E-state index contributed by atoms with van der Waals surface area (Å²) in [6, 6.07) is 2.13. The Morgan fingerprint density at radius 1 is 1.54 bits per heavy atom. The molecule has 0 amide bonds. The molecule has 3 heterocycles. The molecule has 1 fully saturated rings. The summed E-state index contributed by atoms with van der Waals surface area (Å²) in [5.41, 5.74) is 15.2. The minimum Gasteiger partial charge on any atom is -0.397 e. The molecule has 2 aromatic rings. The maximum absolute atomic E-state index is 9.34. The van der Waals surface area contributed by atoms with E-state index >= 15 is 0 Å². The zero-order valence-electron chi connectivity index (χ0n) is 13.7. The summed E-state index contributed by atoms with van der Waals surface area (Å²) in [6.07, 6.45) is 4.91. The van der Waals surface area contributed by atoms with Gasteiger partial charge in [-0.05, 0) is 25.8 Å². The zero-order valence-corrected chi connectivity index (χ0v) is 13.7. The van der Waals surface area contributed by atoms with Crippen LogP contribution in [0.25, 0.3) is 11.2 Å². The number of rotatable bonds is 5. The summed E-state index contributed by atoms with van der Waals surface area (Å²) in [4.78, 5) is 4.08. The molecule has 8 N–H and O–H groups in total. The number of aliphatic hydroxyl groups excluding tert-OH is 1. The van der Waals surface area contributed by atoms with Crippen molar-refractivity contribution in [1.82, 2.24) is 24.9 Å². The number of aromatic nitrogens is 3. The second-order valence-corrected chi connectivity index (χ2v) is 5.98. The van der Waals surface area contributed by atoms with Crippen molar-refractivity contribution < 1.29 is 5.11 Å². The first-order valence-corrected chi connectivity index (χ1v) is 8.03. The Kier molecular flexibility index (Phi) is 4.56. The van der Waals surface area contributed by atoms with E-state index in [2.05, 4.69) is 15.4 Å². The fourth-order valence-electron chi connectivity index (χ4n) is 3.10. The minimum absolute atomic E-state index is 0.0747. The van der Waals surface area contributed by atoms with E-state index < -0.39 is 0 Å². The number of nitrogens with two attached hydrogens (primary N) is 3. The van der Waals surface area contributed by atoms with Crippen molar-refractivity contribution >= 4 is 17.0 Å². The molecule has 9 heteroatoms. The fourth-order valence-corrected chi connectivity index (χ4v) is 3.10. The number of nitrogen functional groups attached to an aromatic ring is 1. The summed E-state index contributed by atoms with van der Waals surface area (Å²) in [5.74, 6) is 6.19. The Hall–Kier alpha value is -2.36. The van der Waals surface area contributed by atoms with Crippen LogP contribution in [0.5, 0.6) is 0 Å². The standard InChI is InChI=1S/C15H24N8O/c1-2-22(18)6-11(16)10-5-13(12-4-3-9(7-24)21-12)23-14(10)15(17)19-8-20-23/h5-6,8-9,12,21,24H,2-4,7,16,18H2,1H3,(H2,17,19,20)/b11-6-/t9-,12+/m0/s1. The summed E-state index contributed by atoms with van der Waals surface area (Å²) in [7, 11) is 0. The van der Waals surface area contributed by atoms with E-state index in [1.807, 2.05) is 13.0 Å². The first-order valence-electron chi connectivity index (χ1n) is 8.03. The largest absolute Gasteiger partial charge is 0.397 e. The number of hydrogen-bond donors (Lipinski definition) is 5. The number of nitrogens with zero attached hydrogens (tertiary/aromatic N) is 4. The Labute approximate surface area is 140 Å². The summed E-state index contributed by atoms with van der Waals surface area (Å²) in [6.45, 7) is 2.68.